The third-order valence-corrected chi connectivity index (χ3v) is 4.22. The third-order valence-electron chi connectivity index (χ3n) is 4.22. The molecule has 0 bridgehead atoms. The van der Waals surface area contributed by atoms with Crippen LogP contribution in [0.2, 0.25) is 0 Å². The summed E-state index contributed by atoms with van der Waals surface area (Å²) in [7, 11) is 0. The Bertz CT molecular complexity index is 919. The highest BCUT2D eigenvalue weighted by atomic mass is 19.1. The maximum atomic E-state index is 13.0. The lowest BCUT2D eigenvalue weighted by Crippen LogP contribution is -2.37. The Morgan fingerprint density at radius 2 is 1.96 bits per heavy atom. The number of hydrogen-bond acceptors (Lipinski definition) is 5. The largest absolute Gasteiger partial charge is 0.378 e. The first-order valence-electron chi connectivity index (χ1n) is 8.41. The highest BCUT2D eigenvalue weighted by Gasteiger charge is 2.17. The SMILES string of the molecule is O=C(Cc1ccc(F)cc1)Nc1cc(N2CCOCC2)n2nccc2n1. The van der Waals surface area contributed by atoms with Gasteiger partial charge in [-0.1, -0.05) is 12.1 Å². The number of nitrogens with one attached hydrogen (secondary N) is 1. The van der Waals surface area contributed by atoms with Gasteiger partial charge in [-0.15, -0.1) is 0 Å². The molecule has 1 aromatic carbocycles. The van der Waals surface area contributed by atoms with Gasteiger partial charge in [0.25, 0.3) is 0 Å². The molecule has 1 N–H and O–H groups in total. The number of carbonyl (C=O) groups is 1. The molecule has 7 nitrogen and oxygen atoms in total. The summed E-state index contributed by atoms with van der Waals surface area (Å²) < 4.78 is 20.1. The van der Waals surface area contributed by atoms with E-state index in [0.29, 0.717) is 24.7 Å². The molecule has 4 rings (SSSR count). The number of anilines is 2. The van der Waals surface area contributed by atoms with Crippen LogP contribution < -0.4 is 10.2 Å². The second-order valence-electron chi connectivity index (χ2n) is 6.05. The molecular formula is C18H18FN5O2. The number of morpholine rings is 1. The van der Waals surface area contributed by atoms with Crippen LogP contribution in [0, 0.1) is 5.82 Å². The first-order valence-corrected chi connectivity index (χ1v) is 8.41. The van der Waals surface area contributed by atoms with Crippen LogP contribution in [0.4, 0.5) is 16.0 Å². The molecule has 134 valence electrons. The molecule has 0 saturated carbocycles. The molecule has 26 heavy (non-hydrogen) atoms. The van der Waals surface area contributed by atoms with Crippen LogP contribution in [0.15, 0.2) is 42.6 Å². The first-order chi connectivity index (χ1) is 12.7. The lowest BCUT2D eigenvalue weighted by atomic mass is 10.1. The molecule has 3 heterocycles. The van der Waals surface area contributed by atoms with Crippen molar-refractivity contribution in [3.05, 3.63) is 54.0 Å². The summed E-state index contributed by atoms with van der Waals surface area (Å²) in [5.41, 5.74) is 1.40. The molecule has 1 amide bonds. The number of hydrogen-bond donors (Lipinski definition) is 1. The highest BCUT2D eigenvalue weighted by molar-refractivity contribution is 5.92. The number of aromatic nitrogens is 3. The van der Waals surface area contributed by atoms with Crippen molar-refractivity contribution in [3.63, 3.8) is 0 Å². The van der Waals surface area contributed by atoms with E-state index in [0.717, 1.165) is 24.5 Å². The van der Waals surface area contributed by atoms with E-state index in [4.69, 9.17) is 4.74 Å². The van der Waals surface area contributed by atoms with Gasteiger partial charge in [-0.25, -0.2) is 9.37 Å². The van der Waals surface area contributed by atoms with Gasteiger partial charge in [-0.3, -0.25) is 4.79 Å². The zero-order valence-electron chi connectivity index (χ0n) is 14.1. The fourth-order valence-electron chi connectivity index (χ4n) is 2.95. The van der Waals surface area contributed by atoms with Gasteiger partial charge in [0, 0.05) is 25.2 Å². The Kier molecular flexibility index (Phi) is 4.49. The minimum atomic E-state index is -0.322. The molecule has 0 unspecified atom stereocenters. The Morgan fingerprint density at radius 1 is 1.19 bits per heavy atom. The van der Waals surface area contributed by atoms with Crippen LogP contribution in [0.25, 0.3) is 5.65 Å². The van der Waals surface area contributed by atoms with Crippen molar-refractivity contribution in [2.75, 3.05) is 36.5 Å². The summed E-state index contributed by atoms with van der Waals surface area (Å²) in [6.45, 7) is 2.80. The Balaban J connectivity index is 1.56. The van der Waals surface area contributed by atoms with Crippen LogP contribution in [0.1, 0.15) is 5.56 Å². The van der Waals surface area contributed by atoms with E-state index in [-0.39, 0.29) is 18.1 Å². The van der Waals surface area contributed by atoms with Crippen molar-refractivity contribution in [2.24, 2.45) is 0 Å². The van der Waals surface area contributed by atoms with Gasteiger partial charge >= 0.3 is 0 Å². The van der Waals surface area contributed by atoms with Crippen LogP contribution in [0.3, 0.4) is 0 Å². The second-order valence-corrected chi connectivity index (χ2v) is 6.05. The number of halogens is 1. The van der Waals surface area contributed by atoms with Crippen molar-refractivity contribution < 1.29 is 13.9 Å². The molecule has 1 saturated heterocycles. The number of amides is 1. The minimum Gasteiger partial charge on any atom is -0.378 e. The maximum absolute atomic E-state index is 13.0. The second kappa shape index (κ2) is 7.09. The molecule has 1 aliphatic heterocycles. The monoisotopic (exact) mass is 355 g/mol. The number of ether oxygens (including phenoxy) is 1. The van der Waals surface area contributed by atoms with E-state index in [1.807, 2.05) is 6.07 Å². The molecule has 2 aromatic heterocycles. The van der Waals surface area contributed by atoms with Crippen molar-refractivity contribution >= 4 is 23.2 Å². The predicted octanol–water partition coefficient (Wildman–Crippen LogP) is 1.89. The summed E-state index contributed by atoms with van der Waals surface area (Å²) >= 11 is 0. The summed E-state index contributed by atoms with van der Waals surface area (Å²) in [6, 6.07) is 9.49. The van der Waals surface area contributed by atoms with Crippen molar-refractivity contribution in [1.82, 2.24) is 14.6 Å². The van der Waals surface area contributed by atoms with E-state index >= 15 is 0 Å². The number of nitrogens with zero attached hydrogens (tertiary/aromatic N) is 4. The highest BCUT2D eigenvalue weighted by Crippen LogP contribution is 2.21. The van der Waals surface area contributed by atoms with E-state index in [2.05, 4.69) is 20.3 Å². The standard InChI is InChI=1S/C18H18FN5O2/c19-14-3-1-13(2-4-14)11-17(25)22-15-12-18(23-7-9-26-10-8-23)24-16(21-15)5-6-20-24/h1-6,12H,7-11H2,(H,21,22,25). The molecule has 0 aliphatic carbocycles. The normalized spacial score (nSPS) is 14.6. The van der Waals surface area contributed by atoms with Crippen molar-refractivity contribution in [2.45, 2.75) is 6.42 Å². The minimum absolute atomic E-state index is 0.152. The average Bonchev–Trinajstić information content (AvgIpc) is 3.12. The van der Waals surface area contributed by atoms with Crippen LogP contribution >= 0.6 is 0 Å². The quantitative estimate of drug-likeness (QED) is 0.774. The van der Waals surface area contributed by atoms with Crippen LogP contribution in [0.5, 0.6) is 0 Å². The Labute approximate surface area is 149 Å². The molecule has 3 aromatic rings. The van der Waals surface area contributed by atoms with E-state index in [9.17, 15) is 9.18 Å². The predicted molar refractivity (Wildman–Crippen MR) is 94.8 cm³/mol. The molecule has 0 atom stereocenters. The third kappa shape index (κ3) is 3.50. The number of carbonyl (C=O) groups excluding carboxylic acids is 1. The van der Waals surface area contributed by atoms with Gasteiger partial charge < -0.3 is 15.0 Å². The van der Waals surface area contributed by atoms with E-state index in [1.54, 1.807) is 28.9 Å². The summed E-state index contributed by atoms with van der Waals surface area (Å²) in [5, 5.41) is 7.14. The van der Waals surface area contributed by atoms with Gasteiger partial charge in [0.1, 0.15) is 17.5 Å². The fourth-order valence-corrected chi connectivity index (χ4v) is 2.95. The number of benzene rings is 1. The first kappa shape index (κ1) is 16.5. The van der Waals surface area contributed by atoms with E-state index in [1.165, 1.54) is 12.1 Å². The van der Waals surface area contributed by atoms with Gasteiger partial charge in [0.2, 0.25) is 5.91 Å². The molecule has 1 aliphatic rings. The fraction of sp³-hybridized carbons (Fsp3) is 0.278. The average molecular weight is 355 g/mol. The zero-order chi connectivity index (χ0) is 17.9. The maximum Gasteiger partial charge on any atom is 0.229 e. The summed E-state index contributed by atoms with van der Waals surface area (Å²) in [6.07, 6.45) is 1.83. The number of fused-ring (bicyclic) bond motifs is 1. The van der Waals surface area contributed by atoms with Crippen molar-refractivity contribution in [3.8, 4) is 0 Å². The molecule has 1 fully saturated rings. The van der Waals surface area contributed by atoms with Crippen molar-refractivity contribution in [1.29, 1.82) is 0 Å². The van der Waals surface area contributed by atoms with Gasteiger partial charge in [0.05, 0.1) is 25.8 Å². The molecule has 8 heteroatoms. The van der Waals surface area contributed by atoms with Gasteiger partial charge in [-0.2, -0.15) is 9.61 Å². The van der Waals surface area contributed by atoms with Gasteiger partial charge in [0.15, 0.2) is 5.65 Å². The number of rotatable bonds is 4. The summed E-state index contributed by atoms with van der Waals surface area (Å²) in [5.74, 6) is 0.796. The van der Waals surface area contributed by atoms with Crippen LogP contribution in [-0.2, 0) is 16.0 Å². The molecule has 0 radical (unpaired) electrons. The Morgan fingerprint density at radius 3 is 2.73 bits per heavy atom. The Hall–Kier alpha value is -3.00. The lowest BCUT2D eigenvalue weighted by molar-refractivity contribution is -0.115. The lowest BCUT2D eigenvalue weighted by Gasteiger charge is -2.29. The van der Waals surface area contributed by atoms with Gasteiger partial charge in [-0.05, 0) is 17.7 Å². The zero-order valence-corrected chi connectivity index (χ0v) is 14.1. The topological polar surface area (TPSA) is 71.8 Å². The molecular weight excluding hydrogens is 337 g/mol. The van der Waals surface area contributed by atoms with E-state index < -0.39 is 0 Å². The molecule has 0 spiro atoms. The van der Waals surface area contributed by atoms with Crippen LogP contribution in [-0.4, -0.2) is 46.8 Å². The summed E-state index contributed by atoms with van der Waals surface area (Å²) in [4.78, 5) is 18.9. The smallest absolute Gasteiger partial charge is 0.229 e.